The van der Waals surface area contributed by atoms with Gasteiger partial charge in [0.05, 0.1) is 16.9 Å². The first-order valence-electron chi connectivity index (χ1n) is 7.59. The Morgan fingerprint density at radius 3 is 2.52 bits per heavy atom. The van der Waals surface area contributed by atoms with Crippen LogP contribution in [-0.2, 0) is 24.3 Å². The summed E-state index contributed by atoms with van der Waals surface area (Å²) in [5.74, 6) is -0.838. The number of primary sulfonamides is 1. The van der Waals surface area contributed by atoms with Crippen LogP contribution in [0.5, 0.6) is 0 Å². The average Bonchev–Trinajstić information content (AvgIpc) is 2.82. The maximum Gasteiger partial charge on any atom is 0.309 e. The summed E-state index contributed by atoms with van der Waals surface area (Å²) in [4.78, 5) is 23.4. The van der Waals surface area contributed by atoms with E-state index in [9.17, 15) is 18.0 Å². The van der Waals surface area contributed by atoms with Gasteiger partial charge in [0, 0.05) is 12.1 Å². The van der Waals surface area contributed by atoms with Crippen molar-refractivity contribution in [2.24, 2.45) is 11.1 Å². The Morgan fingerprint density at radius 1 is 1.36 bits per heavy atom. The van der Waals surface area contributed by atoms with Crippen LogP contribution in [0, 0.1) is 5.92 Å². The molecule has 0 radical (unpaired) electrons. The van der Waals surface area contributed by atoms with Crippen LogP contribution < -0.4 is 15.8 Å². The maximum atomic E-state index is 11.9. The van der Waals surface area contributed by atoms with Crippen molar-refractivity contribution in [1.29, 1.82) is 0 Å². The molecule has 0 unspecified atom stereocenters. The van der Waals surface area contributed by atoms with Crippen molar-refractivity contribution >= 4 is 44.9 Å². The Balaban J connectivity index is 1.79. The summed E-state index contributed by atoms with van der Waals surface area (Å²) in [6.45, 7) is 1.82. The highest BCUT2D eigenvalue weighted by molar-refractivity contribution is 7.89. The highest BCUT2D eigenvalue weighted by Crippen LogP contribution is 2.24. The second-order valence-electron chi connectivity index (χ2n) is 5.79. The molecule has 0 spiro atoms. The standard InChI is InChI=1S/C15H19N3O5S2/c1-9-8-10(14(20)23-9)2-7-13(19)18-15(24)17-11-3-5-12(6-4-11)25(16,21)22/h3-6,9-10H,2,7-8H2,1H3,(H2,16,21,22)(H2,17,18,19,24)/t9-,10-/m1/s1. The van der Waals surface area contributed by atoms with E-state index < -0.39 is 10.0 Å². The van der Waals surface area contributed by atoms with Crippen molar-refractivity contribution in [3.8, 4) is 0 Å². The summed E-state index contributed by atoms with van der Waals surface area (Å²) in [5, 5.41) is 10.4. The molecular formula is C15H19N3O5S2. The molecule has 1 heterocycles. The van der Waals surface area contributed by atoms with E-state index >= 15 is 0 Å². The first kappa shape index (κ1) is 19.3. The van der Waals surface area contributed by atoms with Crippen LogP contribution >= 0.6 is 12.2 Å². The molecule has 0 bridgehead atoms. The van der Waals surface area contributed by atoms with E-state index in [0.29, 0.717) is 18.5 Å². The first-order valence-corrected chi connectivity index (χ1v) is 9.55. The minimum Gasteiger partial charge on any atom is -0.462 e. The van der Waals surface area contributed by atoms with E-state index in [2.05, 4.69) is 10.6 Å². The van der Waals surface area contributed by atoms with Gasteiger partial charge in [0.15, 0.2) is 5.11 Å². The van der Waals surface area contributed by atoms with Gasteiger partial charge < -0.3 is 15.4 Å². The summed E-state index contributed by atoms with van der Waals surface area (Å²) >= 11 is 5.03. The number of carbonyl (C=O) groups excluding carboxylic acids is 2. The number of rotatable bonds is 5. The summed E-state index contributed by atoms with van der Waals surface area (Å²) in [7, 11) is -3.76. The number of carbonyl (C=O) groups is 2. The SMILES string of the molecule is C[C@@H]1C[C@@H](CCC(=O)NC(=S)Nc2ccc(S(N)(=O)=O)cc2)C(=O)O1. The number of benzene rings is 1. The molecular weight excluding hydrogens is 366 g/mol. The third-order valence-corrected chi connectivity index (χ3v) is 4.81. The Hall–Kier alpha value is -2.04. The third kappa shape index (κ3) is 5.76. The van der Waals surface area contributed by atoms with Crippen molar-refractivity contribution < 1.29 is 22.7 Å². The molecule has 0 aliphatic carbocycles. The smallest absolute Gasteiger partial charge is 0.309 e. The number of amides is 1. The molecule has 1 aromatic carbocycles. The Kier molecular flexibility index (Phi) is 6.09. The second-order valence-corrected chi connectivity index (χ2v) is 7.76. The van der Waals surface area contributed by atoms with Crippen LogP contribution in [0.1, 0.15) is 26.2 Å². The van der Waals surface area contributed by atoms with Crippen LogP contribution in [0.15, 0.2) is 29.2 Å². The molecule has 1 aliphatic heterocycles. The van der Waals surface area contributed by atoms with E-state index in [1.165, 1.54) is 24.3 Å². The number of hydrogen-bond acceptors (Lipinski definition) is 6. The molecule has 136 valence electrons. The van der Waals surface area contributed by atoms with Crippen molar-refractivity contribution in [3.05, 3.63) is 24.3 Å². The molecule has 2 rings (SSSR count). The first-order chi connectivity index (χ1) is 11.6. The van der Waals surface area contributed by atoms with Gasteiger partial charge in [-0.2, -0.15) is 0 Å². The molecule has 0 aromatic heterocycles. The number of sulfonamides is 1. The number of nitrogens with one attached hydrogen (secondary N) is 2. The predicted molar refractivity (Wildman–Crippen MR) is 95.1 cm³/mol. The lowest BCUT2D eigenvalue weighted by Gasteiger charge is -2.10. The van der Waals surface area contributed by atoms with Gasteiger partial charge in [0.1, 0.15) is 0 Å². The zero-order chi connectivity index (χ0) is 18.6. The van der Waals surface area contributed by atoms with Gasteiger partial charge in [-0.15, -0.1) is 0 Å². The average molecular weight is 385 g/mol. The molecule has 1 aliphatic rings. The molecule has 25 heavy (non-hydrogen) atoms. The lowest BCUT2D eigenvalue weighted by Crippen LogP contribution is -2.34. The number of esters is 1. The highest BCUT2D eigenvalue weighted by atomic mass is 32.2. The Labute approximate surface area is 151 Å². The predicted octanol–water partition coefficient (Wildman–Crippen LogP) is 0.879. The summed E-state index contributed by atoms with van der Waals surface area (Å²) in [5.41, 5.74) is 0.505. The van der Waals surface area contributed by atoms with Crippen LogP contribution in [0.25, 0.3) is 0 Å². The molecule has 1 amide bonds. The van der Waals surface area contributed by atoms with Crippen molar-refractivity contribution in [2.75, 3.05) is 5.32 Å². The van der Waals surface area contributed by atoms with Gasteiger partial charge in [0.2, 0.25) is 15.9 Å². The number of cyclic esters (lactones) is 1. The Morgan fingerprint density at radius 2 is 2.00 bits per heavy atom. The molecule has 4 N–H and O–H groups in total. The van der Waals surface area contributed by atoms with Gasteiger partial charge >= 0.3 is 5.97 Å². The van der Waals surface area contributed by atoms with Gasteiger partial charge in [-0.25, -0.2) is 13.6 Å². The van der Waals surface area contributed by atoms with E-state index in [-0.39, 0.29) is 40.3 Å². The number of thiocarbonyl (C=S) groups is 1. The topological polar surface area (TPSA) is 128 Å². The number of nitrogens with two attached hydrogens (primary N) is 1. The van der Waals surface area contributed by atoms with Gasteiger partial charge in [-0.05, 0) is 56.2 Å². The molecule has 0 saturated carbocycles. The van der Waals surface area contributed by atoms with Crippen molar-refractivity contribution in [3.63, 3.8) is 0 Å². The van der Waals surface area contributed by atoms with Gasteiger partial charge in [-0.3, -0.25) is 9.59 Å². The summed E-state index contributed by atoms with van der Waals surface area (Å²) < 4.78 is 27.4. The van der Waals surface area contributed by atoms with Crippen LogP contribution in [0.3, 0.4) is 0 Å². The molecule has 1 saturated heterocycles. The van der Waals surface area contributed by atoms with Crippen LogP contribution in [0.4, 0.5) is 5.69 Å². The quantitative estimate of drug-likeness (QED) is 0.507. The summed E-state index contributed by atoms with van der Waals surface area (Å²) in [6, 6.07) is 5.62. The monoisotopic (exact) mass is 385 g/mol. The molecule has 10 heteroatoms. The highest BCUT2D eigenvalue weighted by Gasteiger charge is 2.31. The number of ether oxygens (including phenoxy) is 1. The normalized spacial score (nSPS) is 20.0. The lowest BCUT2D eigenvalue weighted by molar-refractivity contribution is -0.143. The fourth-order valence-corrected chi connectivity index (χ4v) is 3.21. The lowest BCUT2D eigenvalue weighted by atomic mass is 9.99. The fraction of sp³-hybridized carbons (Fsp3) is 0.400. The fourth-order valence-electron chi connectivity index (χ4n) is 2.46. The third-order valence-electron chi connectivity index (χ3n) is 3.68. The van der Waals surface area contributed by atoms with Crippen molar-refractivity contribution in [1.82, 2.24) is 5.32 Å². The van der Waals surface area contributed by atoms with E-state index in [0.717, 1.165) is 0 Å². The summed E-state index contributed by atoms with van der Waals surface area (Å²) in [6.07, 6.45) is 1.06. The minimum absolute atomic E-state index is 0.0225. The molecule has 1 fully saturated rings. The molecule has 1 aromatic rings. The maximum absolute atomic E-state index is 11.9. The number of hydrogen-bond donors (Lipinski definition) is 3. The van der Waals surface area contributed by atoms with Crippen LogP contribution in [0.2, 0.25) is 0 Å². The zero-order valence-electron chi connectivity index (χ0n) is 13.5. The van der Waals surface area contributed by atoms with E-state index in [1.54, 1.807) is 0 Å². The van der Waals surface area contributed by atoms with E-state index in [4.69, 9.17) is 22.1 Å². The van der Waals surface area contributed by atoms with Gasteiger partial charge in [0.25, 0.3) is 0 Å². The second kappa shape index (κ2) is 7.89. The van der Waals surface area contributed by atoms with Crippen LogP contribution in [-0.4, -0.2) is 31.5 Å². The van der Waals surface area contributed by atoms with Gasteiger partial charge in [-0.1, -0.05) is 0 Å². The molecule has 8 nitrogen and oxygen atoms in total. The largest absolute Gasteiger partial charge is 0.462 e. The van der Waals surface area contributed by atoms with E-state index in [1.807, 2.05) is 6.92 Å². The van der Waals surface area contributed by atoms with Crippen molar-refractivity contribution in [2.45, 2.75) is 37.2 Å². The molecule has 2 atom stereocenters. The zero-order valence-corrected chi connectivity index (χ0v) is 15.2. The minimum atomic E-state index is -3.76. The number of anilines is 1. The Bertz CT molecular complexity index is 777.